The van der Waals surface area contributed by atoms with Gasteiger partial charge in [-0.25, -0.2) is 10.8 Å². The van der Waals surface area contributed by atoms with Crippen LogP contribution < -0.4 is 11.3 Å². The monoisotopic (exact) mass is 250 g/mol. The molecule has 2 rings (SSSR count). The molecule has 1 saturated heterocycles. The van der Waals surface area contributed by atoms with Crippen molar-refractivity contribution in [3.05, 3.63) is 23.9 Å². The first-order valence-corrected chi connectivity index (χ1v) is 6.57. The summed E-state index contributed by atoms with van der Waals surface area (Å²) in [7, 11) is 0. The molecule has 0 spiro atoms. The van der Waals surface area contributed by atoms with Crippen LogP contribution in [0.2, 0.25) is 0 Å². The molecule has 1 aliphatic rings. The van der Waals surface area contributed by atoms with Gasteiger partial charge >= 0.3 is 0 Å². The standard InChI is InChI=1S/C13H22N4O/c1-2-17(10-12-4-3-7-18-12)9-11-5-6-13(16-14)15-8-11/h5-6,8,12H,2-4,7,9-10,14H2,1H3,(H,15,16). The van der Waals surface area contributed by atoms with Gasteiger partial charge in [0.1, 0.15) is 5.82 Å². The fraction of sp³-hybridized carbons (Fsp3) is 0.615. The third-order valence-corrected chi connectivity index (χ3v) is 3.31. The molecule has 0 bridgehead atoms. The third-order valence-electron chi connectivity index (χ3n) is 3.31. The Morgan fingerprint density at radius 1 is 1.56 bits per heavy atom. The molecule has 3 N–H and O–H groups in total. The van der Waals surface area contributed by atoms with Gasteiger partial charge in [0.05, 0.1) is 6.10 Å². The summed E-state index contributed by atoms with van der Waals surface area (Å²) in [5.74, 6) is 5.99. The zero-order valence-electron chi connectivity index (χ0n) is 10.9. The van der Waals surface area contributed by atoms with E-state index in [1.807, 2.05) is 12.3 Å². The molecule has 1 fully saturated rings. The maximum atomic E-state index is 5.68. The molecule has 0 saturated carbocycles. The largest absolute Gasteiger partial charge is 0.377 e. The van der Waals surface area contributed by atoms with Gasteiger partial charge in [0, 0.05) is 25.9 Å². The second kappa shape index (κ2) is 6.68. The molecule has 1 aromatic rings. The van der Waals surface area contributed by atoms with Crippen molar-refractivity contribution in [3.8, 4) is 0 Å². The van der Waals surface area contributed by atoms with E-state index in [1.54, 1.807) is 0 Å². The zero-order chi connectivity index (χ0) is 12.8. The number of nitrogens with two attached hydrogens (primary N) is 1. The summed E-state index contributed by atoms with van der Waals surface area (Å²) < 4.78 is 5.68. The number of hydrogen-bond donors (Lipinski definition) is 2. The fourth-order valence-electron chi connectivity index (χ4n) is 2.24. The number of nitrogen functional groups attached to an aromatic ring is 1. The fourth-order valence-corrected chi connectivity index (χ4v) is 2.24. The Hall–Kier alpha value is -1.17. The summed E-state index contributed by atoms with van der Waals surface area (Å²) in [6.45, 7) is 6.04. The summed E-state index contributed by atoms with van der Waals surface area (Å²) in [6, 6.07) is 3.95. The van der Waals surface area contributed by atoms with Crippen LogP contribution in [0.25, 0.3) is 0 Å². The number of nitrogens with one attached hydrogen (secondary N) is 1. The minimum atomic E-state index is 0.405. The molecular weight excluding hydrogens is 228 g/mol. The quantitative estimate of drug-likeness (QED) is 0.590. The molecule has 0 amide bonds. The van der Waals surface area contributed by atoms with E-state index < -0.39 is 0 Å². The van der Waals surface area contributed by atoms with Crippen LogP contribution in [0.4, 0.5) is 5.82 Å². The van der Waals surface area contributed by atoms with Gasteiger partial charge in [0.15, 0.2) is 0 Å². The lowest BCUT2D eigenvalue weighted by Crippen LogP contribution is -2.31. The van der Waals surface area contributed by atoms with Crippen molar-refractivity contribution in [3.63, 3.8) is 0 Å². The summed E-state index contributed by atoms with van der Waals surface area (Å²) in [5.41, 5.74) is 3.74. The Labute approximate surface area is 108 Å². The molecule has 0 aliphatic carbocycles. The van der Waals surface area contributed by atoms with E-state index in [4.69, 9.17) is 10.6 Å². The predicted octanol–water partition coefficient (Wildman–Crippen LogP) is 1.37. The summed E-state index contributed by atoms with van der Waals surface area (Å²) in [5, 5.41) is 0. The molecule has 1 atom stereocenters. The predicted molar refractivity (Wildman–Crippen MR) is 72.0 cm³/mol. The molecule has 100 valence electrons. The van der Waals surface area contributed by atoms with Crippen LogP contribution in [0, 0.1) is 0 Å². The molecule has 0 radical (unpaired) electrons. The first kappa shape index (κ1) is 13.3. The Balaban J connectivity index is 1.87. The number of anilines is 1. The minimum absolute atomic E-state index is 0.405. The van der Waals surface area contributed by atoms with Crippen molar-refractivity contribution in [2.75, 3.05) is 25.1 Å². The second-order valence-corrected chi connectivity index (χ2v) is 4.66. The van der Waals surface area contributed by atoms with Crippen LogP contribution in [-0.2, 0) is 11.3 Å². The molecule has 5 heteroatoms. The maximum absolute atomic E-state index is 5.68. The maximum Gasteiger partial charge on any atom is 0.139 e. The summed E-state index contributed by atoms with van der Waals surface area (Å²) >= 11 is 0. The topological polar surface area (TPSA) is 63.4 Å². The molecule has 5 nitrogen and oxygen atoms in total. The minimum Gasteiger partial charge on any atom is -0.377 e. The molecular formula is C13H22N4O. The molecule has 1 unspecified atom stereocenters. The van der Waals surface area contributed by atoms with Crippen molar-refractivity contribution in [1.29, 1.82) is 0 Å². The Morgan fingerprint density at radius 3 is 3.00 bits per heavy atom. The van der Waals surface area contributed by atoms with E-state index in [0.29, 0.717) is 11.9 Å². The molecule has 0 aromatic carbocycles. The van der Waals surface area contributed by atoms with Gasteiger partial charge in [0.25, 0.3) is 0 Å². The summed E-state index contributed by atoms with van der Waals surface area (Å²) in [6.07, 6.45) is 4.65. The third kappa shape index (κ3) is 3.66. The van der Waals surface area contributed by atoms with E-state index in [-0.39, 0.29) is 0 Å². The van der Waals surface area contributed by atoms with Crippen molar-refractivity contribution >= 4 is 5.82 Å². The van der Waals surface area contributed by atoms with E-state index in [2.05, 4.69) is 28.3 Å². The highest BCUT2D eigenvalue weighted by atomic mass is 16.5. The lowest BCUT2D eigenvalue weighted by Gasteiger charge is -2.23. The zero-order valence-corrected chi connectivity index (χ0v) is 10.9. The average molecular weight is 250 g/mol. The first-order chi connectivity index (χ1) is 8.81. The van der Waals surface area contributed by atoms with Crippen LogP contribution >= 0.6 is 0 Å². The number of pyridine rings is 1. The van der Waals surface area contributed by atoms with Gasteiger partial charge in [-0.1, -0.05) is 13.0 Å². The van der Waals surface area contributed by atoms with Crippen LogP contribution in [-0.4, -0.2) is 35.7 Å². The van der Waals surface area contributed by atoms with Crippen LogP contribution in [0.3, 0.4) is 0 Å². The highest BCUT2D eigenvalue weighted by Gasteiger charge is 2.18. The van der Waals surface area contributed by atoms with Crippen LogP contribution in [0.15, 0.2) is 18.3 Å². The van der Waals surface area contributed by atoms with Gasteiger partial charge in [0.2, 0.25) is 0 Å². The second-order valence-electron chi connectivity index (χ2n) is 4.66. The van der Waals surface area contributed by atoms with E-state index in [0.717, 1.165) is 26.2 Å². The lowest BCUT2D eigenvalue weighted by atomic mass is 10.2. The number of nitrogens with zero attached hydrogens (tertiary/aromatic N) is 2. The van der Waals surface area contributed by atoms with Gasteiger partial charge in [-0.05, 0) is 31.0 Å². The smallest absolute Gasteiger partial charge is 0.139 e. The Bertz CT molecular complexity index is 349. The van der Waals surface area contributed by atoms with Crippen molar-refractivity contribution < 1.29 is 4.74 Å². The number of ether oxygens (including phenoxy) is 1. The van der Waals surface area contributed by atoms with Gasteiger partial charge in [-0.3, -0.25) is 4.90 Å². The number of likely N-dealkylation sites (N-methyl/N-ethyl adjacent to an activating group) is 1. The number of aromatic nitrogens is 1. The molecule has 1 aliphatic heterocycles. The van der Waals surface area contributed by atoms with Gasteiger partial charge < -0.3 is 10.2 Å². The van der Waals surface area contributed by atoms with Crippen LogP contribution in [0.5, 0.6) is 0 Å². The van der Waals surface area contributed by atoms with Gasteiger partial charge in [-0.2, -0.15) is 0 Å². The Morgan fingerprint density at radius 2 is 2.44 bits per heavy atom. The van der Waals surface area contributed by atoms with E-state index >= 15 is 0 Å². The molecule has 18 heavy (non-hydrogen) atoms. The van der Waals surface area contributed by atoms with E-state index in [9.17, 15) is 0 Å². The highest BCUT2D eigenvalue weighted by Crippen LogP contribution is 2.15. The summed E-state index contributed by atoms with van der Waals surface area (Å²) in [4.78, 5) is 6.61. The number of rotatable bonds is 6. The normalized spacial score (nSPS) is 19.4. The van der Waals surface area contributed by atoms with Crippen molar-refractivity contribution in [1.82, 2.24) is 9.88 Å². The number of hydrazine groups is 1. The SMILES string of the molecule is CCN(Cc1ccc(NN)nc1)CC1CCCO1. The van der Waals surface area contributed by atoms with E-state index in [1.165, 1.54) is 18.4 Å². The van der Waals surface area contributed by atoms with Gasteiger partial charge in [-0.15, -0.1) is 0 Å². The molecule has 2 heterocycles. The lowest BCUT2D eigenvalue weighted by molar-refractivity contribution is 0.0724. The Kier molecular flexibility index (Phi) is 4.92. The highest BCUT2D eigenvalue weighted by molar-refractivity contribution is 5.33. The first-order valence-electron chi connectivity index (χ1n) is 6.57. The molecule has 1 aromatic heterocycles. The number of hydrogen-bond acceptors (Lipinski definition) is 5. The van der Waals surface area contributed by atoms with Crippen molar-refractivity contribution in [2.24, 2.45) is 5.84 Å². The van der Waals surface area contributed by atoms with Crippen molar-refractivity contribution in [2.45, 2.75) is 32.4 Å². The average Bonchev–Trinajstić information content (AvgIpc) is 2.91. The van der Waals surface area contributed by atoms with Crippen LogP contribution in [0.1, 0.15) is 25.3 Å².